The largest absolute Gasteiger partial charge is 0.494 e. The lowest BCUT2D eigenvalue weighted by atomic mass is 9.98. The molecule has 2 N–H and O–H groups in total. The minimum atomic E-state index is -0.418. The number of methoxy groups -OCH3 is 1. The molecule has 180 valence electrons. The lowest BCUT2D eigenvalue weighted by Gasteiger charge is -2.10. The van der Waals surface area contributed by atoms with Crippen molar-refractivity contribution in [2.45, 2.75) is 6.42 Å². The molecule has 0 saturated carbocycles. The number of rotatable bonds is 6. The second-order valence-electron chi connectivity index (χ2n) is 8.36. The average Bonchev–Trinajstić information content (AvgIpc) is 3.44. The lowest BCUT2D eigenvalue weighted by molar-refractivity contribution is -0.139. The summed E-state index contributed by atoms with van der Waals surface area (Å²) in [6, 6.07) is 19.2. The molecule has 0 aliphatic carbocycles. The van der Waals surface area contributed by atoms with Crippen LogP contribution in [0.25, 0.3) is 22.3 Å². The van der Waals surface area contributed by atoms with E-state index < -0.39 is 5.82 Å². The maximum Gasteiger partial charge on any atom is 0.309 e. The first-order valence-corrected chi connectivity index (χ1v) is 11.3. The van der Waals surface area contributed by atoms with Crippen molar-refractivity contribution in [1.82, 2.24) is 14.5 Å². The molecule has 0 spiro atoms. The number of H-pyrrole nitrogens is 1. The third kappa shape index (κ3) is 4.48. The fourth-order valence-corrected chi connectivity index (χ4v) is 4.19. The van der Waals surface area contributed by atoms with Crippen LogP contribution in [0.2, 0.25) is 0 Å². The Morgan fingerprint density at radius 2 is 1.94 bits per heavy atom. The minimum absolute atomic E-state index is 0.0983. The van der Waals surface area contributed by atoms with Gasteiger partial charge in [0.1, 0.15) is 11.6 Å². The van der Waals surface area contributed by atoms with E-state index in [0.29, 0.717) is 33.4 Å². The SMILES string of the molecule is COC(=O)Cc1cccc(C(=Nc2ccc(-c3nccn3C)cc2)c2c(O)[nH]c3cc(F)ccc23)c1. The number of hydrogen-bond acceptors (Lipinski definition) is 5. The first-order chi connectivity index (χ1) is 17.4. The van der Waals surface area contributed by atoms with Crippen molar-refractivity contribution in [1.29, 1.82) is 0 Å². The normalized spacial score (nSPS) is 11.7. The number of carbonyl (C=O) groups excluding carboxylic acids is 1. The molecule has 2 heterocycles. The van der Waals surface area contributed by atoms with Gasteiger partial charge in [0.15, 0.2) is 5.88 Å². The van der Waals surface area contributed by atoms with Crippen LogP contribution < -0.4 is 0 Å². The Hall–Kier alpha value is -4.72. The predicted molar refractivity (Wildman–Crippen MR) is 136 cm³/mol. The van der Waals surface area contributed by atoms with Crippen molar-refractivity contribution < 1.29 is 19.0 Å². The first-order valence-electron chi connectivity index (χ1n) is 11.3. The number of imidazole rings is 1. The zero-order valence-electron chi connectivity index (χ0n) is 19.7. The third-order valence-corrected chi connectivity index (χ3v) is 5.94. The summed E-state index contributed by atoms with van der Waals surface area (Å²) in [6.07, 6.45) is 3.72. The number of benzene rings is 3. The van der Waals surface area contributed by atoms with Gasteiger partial charge in [0.05, 0.1) is 36.0 Å². The topological polar surface area (TPSA) is 92.5 Å². The Bertz CT molecular complexity index is 1600. The van der Waals surface area contributed by atoms with Gasteiger partial charge in [-0.1, -0.05) is 18.2 Å². The highest BCUT2D eigenvalue weighted by atomic mass is 19.1. The van der Waals surface area contributed by atoms with E-state index in [2.05, 4.69) is 9.97 Å². The number of esters is 1. The molecule has 0 saturated heterocycles. The summed E-state index contributed by atoms with van der Waals surface area (Å²) in [5, 5.41) is 11.5. The number of aliphatic imine (C=N–C) groups is 1. The van der Waals surface area contributed by atoms with E-state index in [1.54, 1.807) is 12.3 Å². The van der Waals surface area contributed by atoms with Crippen molar-refractivity contribution in [3.63, 3.8) is 0 Å². The predicted octanol–water partition coefficient (Wildman–Crippen LogP) is 5.30. The number of carbonyl (C=O) groups is 1. The molecule has 0 amide bonds. The van der Waals surface area contributed by atoms with Crippen LogP contribution in [-0.2, 0) is 23.0 Å². The highest BCUT2D eigenvalue weighted by molar-refractivity contribution is 6.22. The van der Waals surface area contributed by atoms with Crippen molar-refractivity contribution in [2.24, 2.45) is 12.0 Å². The number of aromatic amines is 1. The van der Waals surface area contributed by atoms with Crippen molar-refractivity contribution in [2.75, 3.05) is 7.11 Å². The average molecular weight is 483 g/mol. The van der Waals surface area contributed by atoms with E-state index in [0.717, 1.165) is 17.0 Å². The van der Waals surface area contributed by atoms with Crippen LogP contribution in [0.5, 0.6) is 5.88 Å². The molecule has 7 nitrogen and oxygen atoms in total. The fraction of sp³-hybridized carbons (Fsp3) is 0.107. The quantitative estimate of drug-likeness (QED) is 0.254. The molecule has 0 aliphatic heterocycles. The molecule has 5 aromatic rings. The number of nitrogens with zero attached hydrogens (tertiary/aromatic N) is 3. The standard InChI is InChI=1S/C28H23FN4O3/c1-33-13-12-30-27(33)18-6-9-21(10-7-18)31-26(19-5-3-4-17(14-19)15-24(34)36-2)25-22-11-8-20(29)16-23(22)32-28(25)35/h3-14,16,32,35H,15H2,1-2H3. The van der Waals surface area contributed by atoms with Gasteiger partial charge >= 0.3 is 5.97 Å². The molecule has 36 heavy (non-hydrogen) atoms. The molecule has 0 atom stereocenters. The number of aryl methyl sites for hydroxylation is 1. The molecular weight excluding hydrogens is 459 g/mol. The monoisotopic (exact) mass is 482 g/mol. The van der Waals surface area contributed by atoms with Gasteiger partial charge < -0.3 is 19.4 Å². The summed E-state index contributed by atoms with van der Waals surface area (Å²) >= 11 is 0. The van der Waals surface area contributed by atoms with Gasteiger partial charge in [0, 0.05) is 36.0 Å². The zero-order valence-corrected chi connectivity index (χ0v) is 19.7. The van der Waals surface area contributed by atoms with Crippen molar-refractivity contribution >= 4 is 28.3 Å². The van der Waals surface area contributed by atoms with Crippen molar-refractivity contribution in [3.8, 4) is 17.3 Å². The van der Waals surface area contributed by atoms with E-state index in [1.165, 1.54) is 19.2 Å². The van der Waals surface area contributed by atoms with Gasteiger partial charge in [0.25, 0.3) is 0 Å². The van der Waals surface area contributed by atoms with Gasteiger partial charge in [-0.25, -0.2) is 14.4 Å². The zero-order chi connectivity index (χ0) is 25.2. The van der Waals surface area contributed by atoms with Gasteiger partial charge in [-0.2, -0.15) is 0 Å². The summed E-state index contributed by atoms with van der Waals surface area (Å²) in [5.74, 6) is -0.0745. The minimum Gasteiger partial charge on any atom is -0.494 e. The lowest BCUT2D eigenvalue weighted by Crippen LogP contribution is -2.07. The van der Waals surface area contributed by atoms with Crippen LogP contribution >= 0.6 is 0 Å². The van der Waals surface area contributed by atoms with Crippen LogP contribution in [0, 0.1) is 5.82 Å². The molecular formula is C28H23FN4O3. The molecule has 0 fully saturated rings. The Balaban J connectivity index is 1.65. The number of halogens is 1. The van der Waals surface area contributed by atoms with E-state index in [1.807, 2.05) is 66.3 Å². The second kappa shape index (κ2) is 9.50. The number of aromatic nitrogens is 3. The smallest absolute Gasteiger partial charge is 0.309 e. The van der Waals surface area contributed by atoms with E-state index in [4.69, 9.17) is 9.73 Å². The first kappa shape index (κ1) is 23.0. The van der Waals surface area contributed by atoms with E-state index in [-0.39, 0.29) is 18.3 Å². The van der Waals surface area contributed by atoms with Crippen molar-refractivity contribution in [3.05, 3.63) is 102 Å². The number of ether oxygens (including phenoxy) is 1. The van der Waals surface area contributed by atoms with Gasteiger partial charge in [-0.05, 0) is 54.1 Å². The number of fused-ring (bicyclic) bond motifs is 1. The summed E-state index contributed by atoms with van der Waals surface area (Å²) in [6.45, 7) is 0. The molecule has 2 aromatic heterocycles. The van der Waals surface area contributed by atoms with Crippen LogP contribution in [0.3, 0.4) is 0 Å². The molecule has 5 rings (SSSR count). The van der Waals surface area contributed by atoms with Gasteiger partial charge in [-0.15, -0.1) is 0 Å². The Morgan fingerprint density at radius 3 is 2.67 bits per heavy atom. The Morgan fingerprint density at radius 1 is 1.14 bits per heavy atom. The Kier molecular flexibility index (Phi) is 6.08. The molecule has 0 bridgehead atoms. The maximum absolute atomic E-state index is 13.9. The van der Waals surface area contributed by atoms with Gasteiger partial charge in [0.2, 0.25) is 0 Å². The third-order valence-electron chi connectivity index (χ3n) is 5.94. The second-order valence-corrected chi connectivity index (χ2v) is 8.36. The van der Waals surface area contributed by atoms with Crippen LogP contribution in [0.15, 0.2) is 84.1 Å². The molecule has 0 radical (unpaired) electrons. The summed E-state index contributed by atoms with van der Waals surface area (Å²) in [7, 11) is 3.27. The summed E-state index contributed by atoms with van der Waals surface area (Å²) in [4.78, 5) is 24.0. The molecule has 3 aromatic carbocycles. The van der Waals surface area contributed by atoms with Crippen LogP contribution in [0.1, 0.15) is 16.7 Å². The molecule has 0 aliphatic rings. The number of hydrogen-bond donors (Lipinski definition) is 2. The summed E-state index contributed by atoms with van der Waals surface area (Å²) in [5.41, 5.74) is 4.37. The van der Waals surface area contributed by atoms with Crippen LogP contribution in [-0.4, -0.2) is 38.4 Å². The number of nitrogens with one attached hydrogen (secondary N) is 1. The maximum atomic E-state index is 13.9. The van der Waals surface area contributed by atoms with E-state index in [9.17, 15) is 14.3 Å². The molecule has 8 heteroatoms. The highest BCUT2D eigenvalue weighted by Crippen LogP contribution is 2.32. The van der Waals surface area contributed by atoms with E-state index >= 15 is 0 Å². The number of aromatic hydroxyl groups is 1. The molecule has 0 unspecified atom stereocenters. The Labute approximate surface area is 206 Å². The fourth-order valence-electron chi connectivity index (χ4n) is 4.19. The highest BCUT2D eigenvalue weighted by Gasteiger charge is 2.20. The van der Waals surface area contributed by atoms with Crippen LogP contribution in [0.4, 0.5) is 10.1 Å². The van der Waals surface area contributed by atoms with Gasteiger partial charge in [-0.3, -0.25) is 4.79 Å². The summed E-state index contributed by atoms with van der Waals surface area (Å²) < 4.78 is 20.6.